The second-order valence-electron chi connectivity index (χ2n) is 5.12. The second-order valence-corrected chi connectivity index (χ2v) is 5.64. The summed E-state index contributed by atoms with van der Waals surface area (Å²) in [4.78, 5) is 14.5. The van der Waals surface area contributed by atoms with Crippen LogP contribution in [0.5, 0.6) is 0 Å². The highest BCUT2D eigenvalue weighted by atomic mass is 32.1. The lowest BCUT2D eigenvalue weighted by atomic mass is 10.1. The van der Waals surface area contributed by atoms with Crippen molar-refractivity contribution in [3.8, 4) is 0 Å². The minimum Gasteiger partial charge on any atom is -0.393 e. The molecule has 1 rings (SSSR count). The number of rotatable bonds is 7. The summed E-state index contributed by atoms with van der Waals surface area (Å²) in [5, 5.41) is 0. The number of thiocarbonyl (C=S) groups is 1. The van der Waals surface area contributed by atoms with E-state index in [2.05, 4.69) is 0 Å². The molecule has 19 heavy (non-hydrogen) atoms. The van der Waals surface area contributed by atoms with Crippen LogP contribution in [-0.4, -0.2) is 22.3 Å². The fourth-order valence-electron chi connectivity index (χ4n) is 1.82. The van der Waals surface area contributed by atoms with Gasteiger partial charge in [0.25, 0.3) is 0 Å². The number of carbonyl (C=O) groups is 1. The lowest BCUT2D eigenvalue weighted by Gasteiger charge is -2.23. The van der Waals surface area contributed by atoms with E-state index in [0.29, 0.717) is 36.8 Å². The largest absolute Gasteiger partial charge is 0.393 e. The van der Waals surface area contributed by atoms with Crippen LogP contribution in [-0.2, 0) is 11.3 Å². The average molecular weight is 278 g/mol. The molecule has 0 aromatic heterocycles. The third kappa shape index (κ3) is 6.34. The van der Waals surface area contributed by atoms with E-state index in [1.807, 2.05) is 49.1 Å². The summed E-state index contributed by atoms with van der Waals surface area (Å²) in [6.45, 7) is 5.31. The summed E-state index contributed by atoms with van der Waals surface area (Å²) in [5.41, 5.74) is 6.66. The summed E-state index contributed by atoms with van der Waals surface area (Å²) in [7, 11) is 0. The predicted octanol–water partition coefficient (Wildman–Crippen LogP) is 2.74. The van der Waals surface area contributed by atoms with Crippen LogP contribution in [0, 0.1) is 5.92 Å². The van der Waals surface area contributed by atoms with E-state index >= 15 is 0 Å². The Balaban J connectivity index is 2.68. The van der Waals surface area contributed by atoms with Gasteiger partial charge in [-0.1, -0.05) is 56.4 Å². The molecule has 0 heterocycles. The molecule has 3 nitrogen and oxygen atoms in total. The molecule has 1 aromatic carbocycles. The van der Waals surface area contributed by atoms with Crippen LogP contribution in [0.2, 0.25) is 0 Å². The monoisotopic (exact) mass is 278 g/mol. The Morgan fingerprint density at radius 1 is 1.32 bits per heavy atom. The van der Waals surface area contributed by atoms with E-state index in [0.717, 1.165) is 5.56 Å². The number of hydrogen-bond acceptors (Lipinski definition) is 2. The first-order valence-electron chi connectivity index (χ1n) is 6.59. The van der Waals surface area contributed by atoms with Crippen LogP contribution in [0.3, 0.4) is 0 Å². The van der Waals surface area contributed by atoms with Crippen molar-refractivity contribution in [2.24, 2.45) is 11.7 Å². The third-order valence-electron chi connectivity index (χ3n) is 2.78. The molecule has 0 aliphatic carbocycles. The maximum atomic E-state index is 12.2. The number of amides is 1. The Morgan fingerprint density at radius 2 is 1.95 bits per heavy atom. The smallest absolute Gasteiger partial charge is 0.223 e. The maximum Gasteiger partial charge on any atom is 0.223 e. The Kier molecular flexibility index (Phi) is 6.50. The molecule has 2 N–H and O–H groups in total. The molecule has 0 aliphatic heterocycles. The van der Waals surface area contributed by atoms with Crippen molar-refractivity contribution >= 4 is 23.1 Å². The van der Waals surface area contributed by atoms with Gasteiger partial charge in [-0.2, -0.15) is 0 Å². The third-order valence-corrected chi connectivity index (χ3v) is 2.98. The summed E-state index contributed by atoms with van der Waals surface area (Å²) < 4.78 is 0. The van der Waals surface area contributed by atoms with Crippen molar-refractivity contribution < 1.29 is 4.79 Å². The van der Waals surface area contributed by atoms with E-state index < -0.39 is 0 Å². The highest BCUT2D eigenvalue weighted by Gasteiger charge is 2.15. The molecule has 0 radical (unpaired) electrons. The zero-order valence-corrected chi connectivity index (χ0v) is 12.5. The molecule has 0 aliphatic rings. The van der Waals surface area contributed by atoms with E-state index in [1.165, 1.54) is 0 Å². The van der Waals surface area contributed by atoms with Gasteiger partial charge in [0.1, 0.15) is 0 Å². The lowest BCUT2D eigenvalue weighted by molar-refractivity contribution is -0.132. The standard InChI is InChI=1S/C15H22N2OS/c1-12(2)10-15(18)17(9-8-14(16)19)11-13-6-4-3-5-7-13/h3-7,12H,8-11H2,1-2H3,(H2,16,19). The number of benzene rings is 1. The number of nitrogens with two attached hydrogens (primary N) is 1. The first-order chi connectivity index (χ1) is 8.99. The molecule has 104 valence electrons. The lowest BCUT2D eigenvalue weighted by Crippen LogP contribution is -2.33. The Hall–Kier alpha value is -1.42. The summed E-state index contributed by atoms with van der Waals surface area (Å²) in [6.07, 6.45) is 1.14. The van der Waals surface area contributed by atoms with Gasteiger partial charge in [-0.3, -0.25) is 4.79 Å². The first kappa shape index (κ1) is 15.6. The highest BCUT2D eigenvalue weighted by molar-refractivity contribution is 7.80. The fourth-order valence-corrected chi connectivity index (χ4v) is 1.91. The summed E-state index contributed by atoms with van der Waals surface area (Å²) in [5.74, 6) is 0.519. The van der Waals surface area contributed by atoms with Crippen molar-refractivity contribution in [1.29, 1.82) is 0 Å². The predicted molar refractivity (Wildman–Crippen MR) is 82.7 cm³/mol. The SMILES string of the molecule is CC(C)CC(=O)N(CCC(N)=S)Cc1ccccc1. The minimum atomic E-state index is 0.162. The van der Waals surface area contributed by atoms with Gasteiger partial charge >= 0.3 is 0 Å². The maximum absolute atomic E-state index is 12.2. The van der Waals surface area contributed by atoms with E-state index in [-0.39, 0.29) is 5.91 Å². The van der Waals surface area contributed by atoms with Crippen LogP contribution in [0.1, 0.15) is 32.3 Å². The quantitative estimate of drug-likeness (QED) is 0.780. The van der Waals surface area contributed by atoms with Crippen LogP contribution in [0.4, 0.5) is 0 Å². The van der Waals surface area contributed by atoms with E-state index in [9.17, 15) is 4.79 Å². The van der Waals surface area contributed by atoms with Gasteiger partial charge in [0.2, 0.25) is 5.91 Å². The van der Waals surface area contributed by atoms with Crippen molar-refractivity contribution in [3.63, 3.8) is 0 Å². The Morgan fingerprint density at radius 3 is 2.47 bits per heavy atom. The fraction of sp³-hybridized carbons (Fsp3) is 0.467. The molecule has 0 bridgehead atoms. The van der Waals surface area contributed by atoms with Crippen LogP contribution in [0.25, 0.3) is 0 Å². The molecular formula is C15H22N2OS. The molecule has 4 heteroatoms. The molecule has 0 spiro atoms. The molecule has 0 saturated heterocycles. The molecule has 0 fully saturated rings. The Bertz CT molecular complexity index is 417. The van der Waals surface area contributed by atoms with Crippen molar-refractivity contribution in [2.75, 3.05) is 6.54 Å². The number of hydrogen-bond donors (Lipinski definition) is 1. The topological polar surface area (TPSA) is 46.3 Å². The van der Waals surface area contributed by atoms with Gasteiger partial charge < -0.3 is 10.6 Å². The molecule has 0 unspecified atom stereocenters. The molecule has 0 saturated carbocycles. The van der Waals surface area contributed by atoms with Gasteiger partial charge in [0.15, 0.2) is 0 Å². The van der Waals surface area contributed by atoms with Gasteiger partial charge in [0, 0.05) is 25.9 Å². The van der Waals surface area contributed by atoms with Gasteiger partial charge in [0.05, 0.1) is 4.99 Å². The van der Waals surface area contributed by atoms with Crippen LogP contribution in [0.15, 0.2) is 30.3 Å². The van der Waals surface area contributed by atoms with Gasteiger partial charge in [-0.15, -0.1) is 0 Å². The van der Waals surface area contributed by atoms with Gasteiger partial charge in [-0.05, 0) is 11.5 Å². The Labute approximate surface area is 120 Å². The zero-order valence-electron chi connectivity index (χ0n) is 11.6. The number of carbonyl (C=O) groups excluding carboxylic acids is 1. The molecule has 1 aromatic rings. The van der Waals surface area contributed by atoms with E-state index in [4.69, 9.17) is 18.0 Å². The number of nitrogens with zero attached hydrogens (tertiary/aromatic N) is 1. The zero-order chi connectivity index (χ0) is 14.3. The van der Waals surface area contributed by atoms with Crippen molar-refractivity contribution in [2.45, 2.75) is 33.2 Å². The summed E-state index contributed by atoms with van der Waals surface area (Å²) in [6, 6.07) is 9.98. The first-order valence-corrected chi connectivity index (χ1v) is 7.00. The molecular weight excluding hydrogens is 256 g/mol. The molecule has 0 atom stereocenters. The van der Waals surface area contributed by atoms with Gasteiger partial charge in [-0.25, -0.2) is 0 Å². The normalized spacial score (nSPS) is 10.5. The highest BCUT2D eigenvalue weighted by Crippen LogP contribution is 2.10. The minimum absolute atomic E-state index is 0.162. The van der Waals surface area contributed by atoms with Crippen molar-refractivity contribution in [3.05, 3.63) is 35.9 Å². The van der Waals surface area contributed by atoms with Crippen molar-refractivity contribution in [1.82, 2.24) is 4.90 Å². The summed E-state index contributed by atoms with van der Waals surface area (Å²) >= 11 is 4.89. The van der Waals surface area contributed by atoms with Crippen LogP contribution >= 0.6 is 12.2 Å². The molecule has 1 amide bonds. The second kappa shape index (κ2) is 7.89. The average Bonchev–Trinajstić information content (AvgIpc) is 2.34. The van der Waals surface area contributed by atoms with Crippen LogP contribution < -0.4 is 5.73 Å². The van der Waals surface area contributed by atoms with E-state index in [1.54, 1.807) is 0 Å².